The Kier molecular flexibility index (Phi) is 4.62. The smallest absolute Gasteiger partial charge is 0.273 e. The quantitative estimate of drug-likeness (QED) is 0.627. The van der Waals surface area contributed by atoms with Crippen LogP contribution >= 0.6 is 0 Å². The summed E-state index contributed by atoms with van der Waals surface area (Å²) in [6.45, 7) is 3.96. The molecule has 3 aromatic carbocycles. The number of hydrogen-bond donors (Lipinski definition) is 0. The summed E-state index contributed by atoms with van der Waals surface area (Å²) in [5, 5.41) is 0. The molecule has 1 aliphatic rings. The van der Waals surface area contributed by atoms with E-state index in [1.165, 1.54) is 4.90 Å². The molecule has 0 aliphatic carbocycles. The number of nitrogens with zero attached hydrogens (tertiary/aromatic N) is 2. The van der Waals surface area contributed by atoms with Gasteiger partial charge in [0.1, 0.15) is 11.6 Å². The molecule has 0 spiro atoms. The van der Waals surface area contributed by atoms with E-state index in [4.69, 9.17) is 0 Å². The van der Waals surface area contributed by atoms with Crippen LogP contribution in [0.1, 0.15) is 22.6 Å². The summed E-state index contributed by atoms with van der Waals surface area (Å²) in [5.74, 6) is -1.36. The molecule has 1 atom stereocenters. The number of imide groups is 1. The molecule has 1 saturated heterocycles. The first-order valence-corrected chi connectivity index (χ1v) is 9.20. The van der Waals surface area contributed by atoms with Crippen molar-refractivity contribution in [1.82, 2.24) is 0 Å². The fraction of sp³-hybridized carbons (Fsp3) is 0.125. The van der Waals surface area contributed by atoms with Crippen LogP contribution in [0.3, 0.4) is 0 Å². The normalized spacial score (nSPS) is 18.1. The lowest BCUT2D eigenvalue weighted by atomic mass is 9.96. The highest BCUT2D eigenvalue weighted by atomic mass is 16.2. The first-order valence-electron chi connectivity index (χ1n) is 9.20. The van der Waals surface area contributed by atoms with Crippen molar-refractivity contribution in [3.05, 3.63) is 95.6 Å². The number of carbonyl (C=O) groups excluding carboxylic acids is 2. The van der Waals surface area contributed by atoms with E-state index in [1.807, 2.05) is 80.6 Å². The number of benzene rings is 3. The number of hydrogen-bond acceptors (Lipinski definition) is 3. The Bertz CT molecular complexity index is 1050. The van der Waals surface area contributed by atoms with Gasteiger partial charge in [-0.2, -0.15) is 0 Å². The molecular formula is C24H20N2O2. The zero-order chi connectivity index (χ0) is 19.7. The second-order valence-electron chi connectivity index (χ2n) is 6.99. The van der Waals surface area contributed by atoms with Gasteiger partial charge in [0, 0.05) is 0 Å². The summed E-state index contributed by atoms with van der Waals surface area (Å²) in [6.07, 6.45) is 0. The minimum Gasteiger partial charge on any atom is -0.273 e. The summed E-state index contributed by atoms with van der Waals surface area (Å²) in [5.41, 5.74) is 4.42. The average Bonchev–Trinajstić information content (AvgIpc) is 2.95. The van der Waals surface area contributed by atoms with Gasteiger partial charge < -0.3 is 0 Å². The first kappa shape index (κ1) is 17.9. The van der Waals surface area contributed by atoms with Gasteiger partial charge >= 0.3 is 0 Å². The van der Waals surface area contributed by atoms with Crippen molar-refractivity contribution in [1.29, 1.82) is 0 Å². The van der Waals surface area contributed by atoms with Crippen LogP contribution in [0.15, 0.2) is 83.9 Å². The summed E-state index contributed by atoms with van der Waals surface area (Å²) in [4.78, 5) is 32.3. The van der Waals surface area contributed by atoms with Gasteiger partial charge in [-0.05, 0) is 43.7 Å². The predicted octanol–water partition coefficient (Wildman–Crippen LogP) is 4.73. The number of amides is 2. The molecule has 1 heterocycles. The van der Waals surface area contributed by atoms with Gasteiger partial charge in [0.2, 0.25) is 5.91 Å². The van der Waals surface area contributed by atoms with Gasteiger partial charge in [0.05, 0.1) is 11.4 Å². The van der Waals surface area contributed by atoms with Crippen LogP contribution in [-0.4, -0.2) is 17.5 Å². The molecule has 4 rings (SSSR count). The van der Waals surface area contributed by atoms with Crippen LogP contribution in [0, 0.1) is 13.8 Å². The number of rotatable bonds is 3. The predicted molar refractivity (Wildman–Crippen MR) is 111 cm³/mol. The van der Waals surface area contributed by atoms with Gasteiger partial charge in [-0.15, -0.1) is 0 Å². The molecule has 0 bridgehead atoms. The minimum absolute atomic E-state index is 0.251. The van der Waals surface area contributed by atoms with Crippen molar-refractivity contribution < 1.29 is 9.59 Å². The van der Waals surface area contributed by atoms with E-state index < -0.39 is 5.92 Å². The molecule has 4 heteroatoms. The molecule has 0 N–H and O–H groups in total. The third kappa shape index (κ3) is 3.25. The van der Waals surface area contributed by atoms with E-state index in [-0.39, 0.29) is 17.5 Å². The van der Waals surface area contributed by atoms with Crippen LogP contribution < -0.4 is 4.90 Å². The van der Waals surface area contributed by atoms with Crippen molar-refractivity contribution in [2.45, 2.75) is 19.8 Å². The lowest BCUT2D eigenvalue weighted by Gasteiger charge is -2.14. The van der Waals surface area contributed by atoms with Crippen LogP contribution in [0.5, 0.6) is 0 Å². The van der Waals surface area contributed by atoms with Crippen molar-refractivity contribution >= 4 is 28.9 Å². The summed E-state index contributed by atoms with van der Waals surface area (Å²) >= 11 is 0. The molecule has 1 unspecified atom stereocenters. The molecular weight excluding hydrogens is 348 g/mol. The molecule has 28 heavy (non-hydrogen) atoms. The third-order valence-corrected chi connectivity index (χ3v) is 4.87. The molecule has 0 saturated carbocycles. The first-order chi connectivity index (χ1) is 13.5. The zero-order valence-corrected chi connectivity index (χ0v) is 15.8. The number of carbonyl (C=O) groups is 2. The van der Waals surface area contributed by atoms with E-state index in [2.05, 4.69) is 4.99 Å². The number of anilines is 1. The Labute approximate surface area is 164 Å². The fourth-order valence-corrected chi connectivity index (χ4v) is 3.34. The maximum absolute atomic E-state index is 13.3. The van der Waals surface area contributed by atoms with Crippen molar-refractivity contribution in [2.75, 3.05) is 4.90 Å². The van der Waals surface area contributed by atoms with Gasteiger partial charge in [-0.3, -0.25) is 9.59 Å². The Morgan fingerprint density at radius 3 is 1.93 bits per heavy atom. The highest BCUT2D eigenvalue weighted by Crippen LogP contribution is 2.33. The van der Waals surface area contributed by atoms with E-state index in [0.717, 1.165) is 16.7 Å². The molecule has 0 aromatic heterocycles. The second-order valence-corrected chi connectivity index (χ2v) is 6.99. The largest absolute Gasteiger partial charge is 0.280 e. The van der Waals surface area contributed by atoms with E-state index in [9.17, 15) is 9.59 Å². The summed E-state index contributed by atoms with van der Waals surface area (Å²) in [6, 6.07) is 24.3. The maximum atomic E-state index is 13.3. The van der Waals surface area contributed by atoms with Crippen molar-refractivity contribution in [2.24, 2.45) is 4.99 Å². The molecule has 138 valence electrons. The monoisotopic (exact) mass is 368 g/mol. The maximum Gasteiger partial charge on any atom is 0.280 e. The van der Waals surface area contributed by atoms with Gasteiger partial charge in [0.25, 0.3) is 5.91 Å². The second kappa shape index (κ2) is 7.24. The van der Waals surface area contributed by atoms with Crippen LogP contribution in [0.4, 0.5) is 11.4 Å². The SMILES string of the molecule is Cc1ccc(N=C2C(=O)N(c3ccc(C)cc3)C(=O)C2c2ccccc2)cc1. The molecule has 1 fully saturated rings. The van der Waals surface area contributed by atoms with Crippen molar-refractivity contribution in [3.63, 3.8) is 0 Å². The zero-order valence-electron chi connectivity index (χ0n) is 15.8. The lowest BCUT2D eigenvalue weighted by molar-refractivity contribution is -0.121. The standard InChI is InChI=1S/C24H20N2O2/c1-16-8-12-19(13-9-16)25-22-21(18-6-4-3-5-7-18)23(27)26(24(22)28)20-14-10-17(2)11-15-20/h3-15,21H,1-2H3. The van der Waals surface area contributed by atoms with Gasteiger partial charge in [0.15, 0.2) is 0 Å². The van der Waals surface area contributed by atoms with E-state index >= 15 is 0 Å². The van der Waals surface area contributed by atoms with Crippen LogP contribution in [0.2, 0.25) is 0 Å². The number of aryl methyl sites for hydroxylation is 2. The Morgan fingerprint density at radius 2 is 1.32 bits per heavy atom. The van der Waals surface area contributed by atoms with Crippen LogP contribution in [-0.2, 0) is 9.59 Å². The van der Waals surface area contributed by atoms with Crippen LogP contribution in [0.25, 0.3) is 0 Å². The summed E-state index contributed by atoms with van der Waals surface area (Å²) < 4.78 is 0. The highest BCUT2D eigenvalue weighted by Gasteiger charge is 2.46. The Balaban J connectivity index is 1.83. The van der Waals surface area contributed by atoms with Gasteiger partial charge in [-0.1, -0.05) is 65.7 Å². The van der Waals surface area contributed by atoms with E-state index in [0.29, 0.717) is 11.4 Å². The van der Waals surface area contributed by atoms with Crippen molar-refractivity contribution in [3.8, 4) is 0 Å². The summed E-state index contributed by atoms with van der Waals surface area (Å²) in [7, 11) is 0. The number of aliphatic imine (C=N–C) groups is 1. The van der Waals surface area contributed by atoms with E-state index in [1.54, 1.807) is 12.1 Å². The van der Waals surface area contributed by atoms with Gasteiger partial charge in [-0.25, -0.2) is 9.89 Å². The Hall–Kier alpha value is -3.53. The third-order valence-electron chi connectivity index (χ3n) is 4.87. The molecule has 0 radical (unpaired) electrons. The molecule has 2 amide bonds. The Morgan fingerprint density at radius 1 is 0.750 bits per heavy atom. The fourth-order valence-electron chi connectivity index (χ4n) is 3.34. The minimum atomic E-state index is -0.712. The topological polar surface area (TPSA) is 49.7 Å². The molecule has 1 aliphatic heterocycles. The molecule has 3 aromatic rings. The average molecular weight is 368 g/mol. The highest BCUT2D eigenvalue weighted by molar-refractivity contribution is 6.59. The lowest BCUT2D eigenvalue weighted by Crippen LogP contribution is -2.30. The molecule has 4 nitrogen and oxygen atoms in total.